The van der Waals surface area contributed by atoms with Gasteiger partial charge < -0.3 is 5.32 Å². The number of benzene rings is 2. The third kappa shape index (κ3) is 3.23. The predicted octanol–water partition coefficient (Wildman–Crippen LogP) is 4.77. The van der Waals surface area contributed by atoms with Crippen molar-refractivity contribution in [3.8, 4) is 0 Å². The molecule has 0 unspecified atom stereocenters. The summed E-state index contributed by atoms with van der Waals surface area (Å²) in [5.74, 6) is 0. The Hall–Kier alpha value is -1.56. The van der Waals surface area contributed by atoms with Crippen molar-refractivity contribution in [2.45, 2.75) is 9.79 Å². The van der Waals surface area contributed by atoms with Crippen molar-refractivity contribution in [3.63, 3.8) is 0 Å². The molecule has 1 nitrogen and oxygen atoms in total. The molecule has 3 rings (SSSR count). The average molecular weight is 267 g/mol. The van der Waals surface area contributed by atoms with E-state index in [0.29, 0.717) is 0 Å². The van der Waals surface area contributed by atoms with Crippen molar-refractivity contribution in [3.05, 3.63) is 48.5 Å². The Labute approximate surface area is 108 Å². The average Bonchev–Trinajstić information content (AvgIpc) is 2.35. The molecule has 1 heterocycles. The number of rotatable bonds is 0. The first-order chi connectivity index (χ1) is 8.66. The molecule has 0 spiro atoms. The van der Waals surface area contributed by atoms with Gasteiger partial charge in [0.2, 0.25) is 0 Å². The van der Waals surface area contributed by atoms with Crippen LogP contribution in [0.4, 0.5) is 24.3 Å². The van der Waals surface area contributed by atoms with E-state index in [1.165, 1.54) is 21.2 Å². The first-order valence-corrected chi connectivity index (χ1v) is 6.03. The molecule has 0 atom stereocenters. The molecule has 1 N–H and O–H groups in total. The minimum Gasteiger partial charge on any atom is -0.354 e. The SMILES string of the molecule is FB(F)F.c1ccc2c(c1)Nc1ccccc1S2. The smallest absolute Gasteiger partial charge is 0.354 e. The Bertz CT molecular complexity index is 446. The highest BCUT2D eigenvalue weighted by Crippen LogP contribution is 2.43. The van der Waals surface area contributed by atoms with Crippen LogP contribution in [0.3, 0.4) is 0 Å². The number of hydrogen-bond donors (Lipinski definition) is 1. The Morgan fingerprint density at radius 2 is 1.17 bits per heavy atom. The highest BCUT2D eigenvalue weighted by Gasteiger charge is 2.13. The van der Waals surface area contributed by atoms with Crippen LogP contribution in [0.25, 0.3) is 0 Å². The van der Waals surface area contributed by atoms with Gasteiger partial charge in [-0.1, -0.05) is 36.0 Å². The summed E-state index contributed by atoms with van der Waals surface area (Å²) in [5.41, 5.74) is 2.41. The first kappa shape index (κ1) is 12.9. The molecule has 6 heteroatoms. The van der Waals surface area contributed by atoms with Crippen LogP contribution in [0, 0.1) is 0 Å². The maximum absolute atomic E-state index is 9.67. The van der Waals surface area contributed by atoms with Crippen molar-refractivity contribution >= 4 is 30.7 Å². The minimum atomic E-state index is -3.67. The molecule has 0 aliphatic carbocycles. The van der Waals surface area contributed by atoms with Gasteiger partial charge in [0, 0.05) is 9.79 Å². The van der Waals surface area contributed by atoms with Crippen molar-refractivity contribution < 1.29 is 12.9 Å². The quantitative estimate of drug-likeness (QED) is 0.588. The summed E-state index contributed by atoms with van der Waals surface area (Å²) in [5, 5.41) is 3.42. The van der Waals surface area contributed by atoms with Crippen LogP contribution in [0.5, 0.6) is 0 Å². The standard InChI is InChI=1S/C12H9NS.BF3/c1-3-7-11-9(5-1)13-10-6-2-4-8-12(10)14-11;2-1(3)4/h1-8,13H;. The zero-order valence-corrected chi connectivity index (χ0v) is 10.1. The summed E-state index contributed by atoms with van der Waals surface area (Å²) in [6, 6.07) is 16.8. The summed E-state index contributed by atoms with van der Waals surface area (Å²) in [4.78, 5) is 2.59. The fraction of sp³-hybridized carbons (Fsp3) is 0. The van der Waals surface area contributed by atoms with E-state index in [1.54, 1.807) is 0 Å². The number of para-hydroxylation sites is 2. The molecule has 0 bridgehead atoms. The van der Waals surface area contributed by atoms with E-state index in [9.17, 15) is 12.9 Å². The molecule has 1 aliphatic heterocycles. The second-order valence-electron chi connectivity index (χ2n) is 3.47. The lowest BCUT2D eigenvalue weighted by atomic mass is 10.2. The second-order valence-corrected chi connectivity index (χ2v) is 4.55. The fourth-order valence-corrected chi connectivity index (χ4v) is 2.57. The van der Waals surface area contributed by atoms with E-state index < -0.39 is 7.54 Å². The van der Waals surface area contributed by atoms with Gasteiger partial charge in [-0.15, -0.1) is 0 Å². The van der Waals surface area contributed by atoms with Gasteiger partial charge in [0.15, 0.2) is 0 Å². The van der Waals surface area contributed by atoms with Crippen molar-refractivity contribution in [2.75, 3.05) is 5.32 Å². The lowest BCUT2D eigenvalue weighted by molar-refractivity contribution is 0.535. The van der Waals surface area contributed by atoms with E-state index in [-0.39, 0.29) is 0 Å². The summed E-state index contributed by atoms with van der Waals surface area (Å²) < 4.78 is 29.0. The van der Waals surface area contributed by atoms with E-state index in [4.69, 9.17) is 0 Å². The van der Waals surface area contributed by atoms with Crippen LogP contribution in [0.2, 0.25) is 0 Å². The van der Waals surface area contributed by atoms with Gasteiger partial charge in [-0.25, -0.2) is 0 Å². The maximum atomic E-state index is 9.67. The van der Waals surface area contributed by atoms with Gasteiger partial charge in [0.1, 0.15) is 0 Å². The van der Waals surface area contributed by atoms with Gasteiger partial charge in [0.25, 0.3) is 0 Å². The van der Waals surface area contributed by atoms with Crippen molar-refractivity contribution in [1.82, 2.24) is 0 Å². The van der Waals surface area contributed by atoms with E-state index >= 15 is 0 Å². The largest absolute Gasteiger partial charge is 0.762 e. The van der Waals surface area contributed by atoms with Crippen LogP contribution in [0.1, 0.15) is 0 Å². The molecule has 0 amide bonds. The number of halogens is 3. The number of anilines is 2. The van der Waals surface area contributed by atoms with Crippen LogP contribution in [0.15, 0.2) is 58.3 Å². The minimum absolute atomic E-state index is 1.20. The maximum Gasteiger partial charge on any atom is 0.762 e. The van der Waals surface area contributed by atoms with E-state index in [0.717, 1.165) is 0 Å². The first-order valence-electron chi connectivity index (χ1n) is 5.22. The summed E-state index contributed by atoms with van der Waals surface area (Å²) >= 11 is 1.82. The lowest BCUT2D eigenvalue weighted by Crippen LogP contribution is -1.98. The monoisotopic (exact) mass is 267 g/mol. The van der Waals surface area contributed by atoms with Gasteiger partial charge in [0.05, 0.1) is 11.4 Å². The topological polar surface area (TPSA) is 12.0 Å². The van der Waals surface area contributed by atoms with Gasteiger partial charge in [-0.05, 0) is 24.3 Å². The van der Waals surface area contributed by atoms with Crippen LogP contribution in [-0.2, 0) is 0 Å². The van der Waals surface area contributed by atoms with Gasteiger partial charge >= 0.3 is 7.54 Å². The van der Waals surface area contributed by atoms with Crippen molar-refractivity contribution in [1.29, 1.82) is 0 Å². The molecular formula is C12H9BF3NS. The van der Waals surface area contributed by atoms with Crippen LogP contribution >= 0.6 is 11.8 Å². The zero-order chi connectivity index (χ0) is 13.0. The Kier molecular flexibility index (Phi) is 4.20. The second kappa shape index (κ2) is 5.86. The highest BCUT2D eigenvalue weighted by molar-refractivity contribution is 7.99. The molecule has 1 aliphatic rings. The molecule has 2 aromatic carbocycles. The Morgan fingerprint density at radius 3 is 1.61 bits per heavy atom. The Morgan fingerprint density at radius 1 is 0.778 bits per heavy atom. The zero-order valence-electron chi connectivity index (χ0n) is 9.24. The van der Waals surface area contributed by atoms with E-state index in [1.807, 2.05) is 11.8 Å². The molecule has 18 heavy (non-hydrogen) atoms. The normalized spacial score (nSPS) is 11.3. The Balaban J connectivity index is 0.000000267. The molecule has 92 valence electrons. The predicted molar refractivity (Wildman–Crippen MR) is 69.4 cm³/mol. The lowest BCUT2D eigenvalue weighted by Gasteiger charge is -2.19. The van der Waals surface area contributed by atoms with Crippen LogP contribution in [-0.4, -0.2) is 7.54 Å². The molecule has 2 aromatic rings. The number of nitrogens with one attached hydrogen (secondary N) is 1. The van der Waals surface area contributed by atoms with E-state index in [2.05, 4.69) is 53.8 Å². The van der Waals surface area contributed by atoms with Gasteiger partial charge in [-0.3, -0.25) is 12.9 Å². The third-order valence-corrected chi connectivity index (χ3v) is 3.42. The van der Waals surface area contributed by atoms with Crippen molar-refractivity contribution in [2.24, 2.45) is 0 Å². The highest BCUT2D eigenvalue weighted by atomic mass is 32.2. The van der Waals surface area contributed by atoms with Gasteiger partial charge in [-0.2, -0.15) is 0 Å². The summed E-state index contributed by atoms with van der Waals surface area (Å²) in [6.07, 6.45) is 0. The molecule has 0 aromatic heterocycles. The molecule has 0 saturated carbocycles. The third-order valence-electron chi connectivity index (χ3n) is 2.26. The summed E-state index contributed by atoms with van der Waals surface area (Å²) in [6.45, 7) is 0. The summed E-state index contributed by atoms with van der Waals surface area (Å²) in [7, 11) is -3.67. The molecule has 0 saturated heterocycles. The number of hydrogen-bond acceptors (Lipinski definition) is 2. The van der Waals surface area contributed by atoms with Crippen LogP contribution < -0.4 is 5.32 Å². The fourth-order valence-electron chi connectivity index (χ4n) is 1.58. The molecule has 0 fully saturated rings. The molecule has 0 radical (unpaired) electrons. The number of fused-ring (bicyclic) bond motifs is 2. The molecular weight excluding hydrogens is 258 g/mol.